The summed E-state index contributed by atoms with van der Waals surface area (Å²) < 4.78 is 34.9. The van der Waals surface area contributed by atoms with E-state index < -0.39 is 0 Å². The van der Waals surface area contributed by atoms with E-state index >= 15 is 0 Å². The van der Waals surface area contributed by atoms with Gasteiger partial charge in [-0.25, -0.2) is 0 Å². The zero-order valence-electron chi connectivity index (χ0n) is 16.6. The number of rotatable bonds is 6. The summed E-state index contributed by atoms with van der Waals surface area (Å²) in [6.45, 7) is 1.17. The van der Waals surface area contributed by atoms with Crippen LogP contribution in [0.5, 0.6) is 23.0 Å². The van der Waals surface area contributed by atoms with E-state index in [-0.39, 0.29) is 24.0 Å². The second-order valence-corrected chi connectivity index (χ2v) is 6.99. The van der Waals surface area contributed by atoms with Crippen LogP contribution in [0.1, 0.15) is 23.3 Å². The predicted molar refractivity (Wildman–Crippen MR) is 103 cm³/mol. The van der Waals surface area contributed by atoms with E-state index in [4.69, 9.17) is 28.4 Å². The van der Waals surface area contributed by atoms with Gasteiger partial charge in [-0.2, -0.15) is 0 Å². The molecule has 2 saturated heterocycles. The molecule has 0 N–H and O–H groups in total. The summed E-state index contributed by atoms with van der Waals surface area (Å²) >= 11 is 0. The Bertz CT molecular complexity index is 722. The van der Waals surface area contributed by atoms with E-state index in [0.717, 1.165) is 34.1 Å². The first-order chi connectivity index (χ1) is 13.7. The van der Waals surface area contributed by atoms with Gasteiger partial charge in [0.2, 0.25) is 0 Å². The zero-order chi connectivity index (χ0) is 19.7. The Morgan fingerprint density at radius 2 is 0.929 bits per heavy atom. The van der Waals surface area contributed by atoms with Gasteiger partial charge in [-0.05, 0) is 24.3 Å². The molecule has 0 spiro atoms. The normalized spacial score (nSPS) is 26.0. The van der Waals surface area contributed by atoms with Gasteiger partial charge in [0.1, 0.15) is 23.0 Å². The molecular formula is C22H26O6. The number of hydrogen-bond donors (Lipinski definition) is 0. The van der Waals surface area contributed by atoms with Gasteiger partial charge in [0.15, 0.2) is 0 Å². The maximum absolute atomic E-state index is 6.27. The summed E-state index contributed by atoms with van der Waals surface area (Å²) in [6.07, 6.45) is -0.302. The van der Waals surface area contributed by atoms with Crippen molar-refractivity contribution in [2.24, 2.45) is 11.8 Å². The van der Waals surface area contributed by atoms with Crippen LogP contribution >= 0.6 is 0 Å². The Morgan fingerprint density at radius 3 is 1.21 bits per heavy atom. The lowest BCUT2D eigenvalue weighted by molar-refractivity contribution is 0.0163. The highest BCUT2D eigenvalue weighted by Crippen LogP contribution is 2.55. The number of hydrogen-bond acceptors (Lipinski definition) is 6. The van der Waals surface area contributed by atoms with Crippen LogP contribution in [0.4, 0.5) is 0 Å². The topological polar surface area (TPSA) is 55.4 Å². The molecule has 4 rings (SSSR count). The maximum Gasteiger partial charge on any atom is 0.128 e. The lowest BCUT2D eigenvalue weighted by atomic mass is 9.84. The van der Waals surface area contributed by atoms with Crippen LogP contribution in [0, 0.1) is 11.8 Å². The smallest absolute Gasteiger partial charge is 0.128 e. The van der Waals surface area contributed by atoms with Gasteiger partial charge in [0, 0.05) is 11.8 Å². The monoisotopic (exact) mass is 386 g/mol. The van der Waals surface area contributed by atoms with Crippen molar-refractivity contribution in [2.45, 2.75) is 12.2 Å². The van der Waals surface area contributed by atoms with Crippen molar-refractivity contribution in [3.63, 3.8) is 0 Å². The third-order valence-electron chi connectivity index (χ3n) is 5.77. The third-order valence-corrected chi connectivity index (χ3v) is 5.77. The van der Waals surface area contributed by atoms with Crippen molar-refractivity contribution in [1.29, 1.82) is 0 Å². The number of benzene rings is 2. The molecule has 28 heavy (non-hydrogen) atoms. The fourth-order valence-electron chi connectivity index (χ4n) is 4.46. The van der Waals surface area contributed by atoms with Crippen LogP contribution in [-0.2, 0) is 9.47 Å². The van der Waals surface area contributed by atoms with Crippen LogP contribution in [-0.4, -0.2) is 41.7 Å². The molecule has 2 aliphatic rings. The van der Waals surface area contributed by atoms with E-state index in [1.807, 2.05) is 36.4 Å². The van der Waals surface area contributed by atoms with Crippen LogP contribution < -0.4 is 18.9 Å². The Kier molecular flexibility index (Phi) is 5.33. The molecule has 0 aromatic heterocycles. The SMILES string of the molecule is COc1cccc(OC)c1[C@@H]1OC[C@@H]2[C@H]1CO[C@H]2c1c(OC)cccc1OC. The van der Waals surface area contributed by atoms with E-state index in [1.54, 1.807) is 28.4 Å². The molecule has 0 saturated carbocycles. The van der Waals surface area contributed by atoms with Crippen molar-refractivity contribution < 1.29 is 28.4 Å². The highest BCUT2D eigenvalue weighted by molar-refractivity contribution is 5.49. The second-order valence-electron chi connectivity index (χ2n) is 6.99. The molecule has 4 atom stereocenters. The van der Waals surface area contributed by atoms with Gasteiger partial charge >= 0.3 is 0 Å². The Morgan fingerprint density at radius 1 is 0.607 bits per heavy atom. The molecule has 2 aromatic carbocycles. The average Bonchev–Trinajstić information content (AvgIpc) is 3.34. The highest BCUT2D eigenvalue weighted by Gasteiger charge is 2.50. The Hall–Kier alpha value is -2.44. The van der Waals surface area contributed by atoms with Gasteiger partial charge in [0.05, 0.1) is 65.0 Å². The van der Waals surface area contributed by atoms with Crippen LogP contribution in [0.15, 0.2) is 36.4 Å². The molecular weight excluding hydrogens is 360 g/mol. The fourth-order valence-corrected chi connectivity index (χ4v) is 4.46. The van der Waals surface area contributed by atoms with Crippen LogP contribution in [0.3, 0.4) is 0 Å². The largest absolute Gasteiger partial charge is 0.496 e. The highest BCUT2D eigenvalue weighted by atomic mass is 16.5. The second kappa shape index (κ2) is 7.89. The Labute approximate surface area is 165 Å². The van der Waals surface area contributed by atoms with Gasteiger partial charge in [-0.3, -0.25) is 0 Å². The van der Waals surface area contributed by atoms with Crippen LogP contribution in [0.25, 0.3) is 0 Å². The molecule has 2 fully saturated rings. The summed E-state index contributed by atoms with van der Waals surface area (Å²) in [6, 6.07) is 11.6. The molecule has 0 amide bonds. The van der Waals surface area contributed by atoms with Gasteiger partial charge in [0.25, 0.3) is 0 Å². The number of ether oxygens (including phenoxy) is 6. The minimum absolute atomic E-state index is 0.151. The molecule has 2 heterocycles. The first-order valence-corrected chi connectivity index (χ1v) is 9.38. The number of methoxy groups -OCH3 is 4. The molecule has 0 aliphatic carbocycles. The van der Waals surface area contributed by atoms with Crippen molar-refractivity contribution in [1.82, 2.24) is 0 Å². The van der Waals surface area contributed by atoms with E-state index in [2.05, 4.69) is 0 Å². The van der Waals surface area contributed by atoms with Gasteiger partial charge in [-0.1, -0.05) is 12.1 Å². The molecule has 150 valence electrons. The molecule has 2 aromatic rings. The minimum atomic E-state index is -0.151. The maximum atomic E-state index is 6.27. The molecule has 0 unspecified atom stereocenters. The van der Waals surface area contributed by atoms with Crippen molar-refractivity contribution in [3.8, 4) is 23.0 Å². The first kappa shape index (κ1) is 18.9. The standard InChI is InChI=1S/C22H26O6/c1-23-15-7-5-8-16(24-2)19(15)21-13-11-28-22(14(13)12-27-21)20-17(25-3)9-6-10-18(20)26-4/h5-10,13-14,21-22H,11-12H2,1-4H3/t13-,14-,21-,22-/m1/s1. The lowest BCUT2D eigenvalue weighted by Gasteiger charge is -2.22. The quantitative estimate of drug-likeness (QED) is 0.753. The van der Waals surface area contributed by atoms with E-state index in [1.165, 1.54) is 0 Å². The van der Waals surface area contributed by atoms with Crippen molar-refractivity contribution >= 4 is 0 Å². The van der Waals surface area contributed by atoms with Gasteiger partial charge in [-0.15, -0.1) is 0 Å². The van der Waals surface area contributed by atoms with E-state index in [0.29, 0.717) is 13.2 Å². The van der Waals surface area contributed by atoms with Gasteiger partial charge < -0.3 is 28.4 Å². The summed E-state index contributed by atoms with van der Waals surface area (Å²) in [7, 11) is 6.66. The van der Waals surface area contributed by atoms with E-state index in [9.17, 15) is 0 Å². The molecule has 6 heteroatoms. The first-order valence-electron chi connectivity index (χ1n) is 9.38. The molecule has 6 nitrogen and oxygen atoms in total. The number of fused-ring (bicyclic) bond motifs is 1. The molecule has 0 radical (unpaired) electrons. The summed E-state index contributed by atoms with van der Waals surface area (Å²) in [4.78, 5) is 0. The van der Waals surface area contributed by atoms with Crippen molar-refractivity contribution in [2.75, 3.05) is 41.7 Å². The summed E-state index contributed by atoms with van der Waals surface area (Å²) in [5.74, 6) is 3.44. The molecule has 0 bridgehead atoms. The lowest BCUT2D eigenvalue weighted by Crippen LogP contribution is -2.16. The van der Waals surface area contributed by atoms with Crippen molar-refractivity contribution in [3.05, 3.63) is 47.5 Å². The minimum Gasteiger partial charge on any atom is -0.496 e. The predicted octanol–water partition coefficient (Wildman–Crippen LogP) is 3.80. The summed E-state index contributed by atoms with van der Waals surface area (Å²) in [5, 5.41) is 0. The molecule has 2 aliphatic heterocycles. The van der Waals surface area contributed by atoms with Crippen LogP contribution in [0.2, 0.25) is 0 Å². The average molecular weight is 386 g/mol. The summed E-state index contributed by atoms with van der Waals surface area (Å²) in [5.41, 5.74) is 1.88. The third kappa shape index (κ3) is 2.97. The Balaban J connectivity index is 1.69. The fraction of sp³-hybridized carbons (Fsp3) is 0.455. The zero-order valence-corrected chi connectivity index (χ0v) is 16.6.